The number of nitrogens with one attached hydrogen (secondary N) is 1. The number of likely N-dealkylation sites (tertiary alicyclic amines) is 1. The molecular weight excluding hydrogens is 479 g/mol. The second-order valence-corrected chi connectivity index (χ2v) is 11.0. The van der Waals surface area contributed by atoms with Crippen molar-refractivity contribution in [1.29, 1.82) is 0 Å². The van der Waals surface area contributed by atoms with E-state index in [0.29, 0.717) is 18.3 Å². The van der Waals surface area contributed by atoms with Gasteiger partial charge in [0, 0.05) is 40.3 Å². The number of halogens is 2. The third-order valence-electron chi connectivity index (χ3n) is 8.27. The number of nitrogens with zero attached hydrogens (tertiary/aromatic N) is 3. The summed E-state index contributed by atoms with van der Waals surface area (Å²) in [6, 6.07) is 11.8. The van der Waals surface area contributed by atoms with E-state index in [4.69, 9.17) is 16.3 Å². The molecule has 2 aromatic heterocycles. The predicted molar refractivity (Wildman–Crippen MR) is 138 cm³/mol. The molecule has 3 aromatic rings. The second kappa shape index (κ2) is 9.36. The molecule has 2 saturated heterocycles. The van der Waals surface area contributed by atoms with Crippen LogP contribution in [0, 0.1) is 5.92 Å². The molecule has 1 aliphatic carbocycles. The minimum absolute atomic E-state index is 0.0189. The van der Waals surface area contributed by atoms with Crippen molar-refractivity contribution in [1.82, 2.24) is 14.9 Å². The predicted octanol–water partition coefficient (Wildman–Crippen LogP) is 5.33. The van der Waals surface area contributed by atoms with Crippen LogP contribution < -0.4 is 5.32 Å². The van der Waals surface area contributed by atoms with E-state index < -0.39 is 11.7 Å². The third kappa shape index (κ3) is 4.38. The van der Waals surface area contributed by atoms with Crippen LogP contribution in [0.5, 0.6) is 0 Å². The Bertz CT molecular complexity index is 1280. The number of rotatable bonds is 5. The van der Waals surface area contributed by atoms with Crippen molar-refractivity contribution >= 4 is 34.1 Å². The molecule has 0 radical (unpaired) electrons. The van der Waals surface area contributed by atoms with E-state index in [9.17, 15) is 9.18 Å². The summed E-state index contributed by atoms with van der Waals surface area (Å²) in [6.07, 6.45) is 5.21. The minimum atomic E-state index is -0.950. The van der Waals surface area contributed by atoms with Gasteiger partial charge < -0.3 is 10.1 Å². The third-order valence-corrected chi connectivity index (χ3v) is 8.60. The van der Waals surface area contributed by atoms with Gasteiger partial charge in [-0.05, 0) is 86.5 Å². The highest BCUT2D eigenvalue weighted by Gasteiger charge is 2.46. The number of fused-ring (bicyclic) bond motifs is 1. The Morgan fingerprint density at radius 2 is 2.03 bits per heavy atom. The summed E-state index contributed by atoms with van der Waals surface area (Å²) in [7, 11) is 0. The standard InChI is InChI=1S/C28H30ClFN4O2/c1-28(16-36-15-25(28)30)34-8-5-17(6-9-34)20-10-18-12-26(32-14-19(18)11-23(20)29)33-27(35)22-13-21(22)24-4-2-3-7-31-24/h2-4,7,10-12,14,17,21-22,25H,5-6,8-9,13,15-16H2,1H3,(H,32,33,35)/t21?,22?,25-,28+/m0/s1. The van der Waals surface area contributed by atoms with Crippen molar-refractivity contribution in [3.05, 3.63) is 65.1 Å². The summed E-state index contributed by atoms with van der Waals surface area (Å²) in [5, 5.41) is 5.66. The molecule has 1 saturated carbocycles. The Morgan fingerprint density at radius 1 is 1.19 bits per heavy atom. The number of anilines is 1. The van der Waals surface area contributed by atoms with Gasteiger partial charge in [0.2, 0.25) is 5.91 Å². The van der Waals surface area contributed by atoms with Crippen LogP contribution in [-0.2, 0) is 9.53 Å². The number of aromatic nitrogens is 2. The first-order valence-corrected chi connectivity index (χ1v) is 13.1. The molecule has 1 amide bonds. The molecule has 6 nitrogen and oxygen atoms in total. The Labute approximate surface area is 215 Å². The zero-order chi connectivity index (χ0) is 24.9. The number of carbonyl (C=O) groups excluding carboxylic acids is 1. The fourth-order valence-electron chi connectivity index (χ4n) is 5.82. The van der Waals surface area contributed by atoms with Crippen molar-refractivity contribution in [2.24, 2.45) is 5.92 Å². The summed E-state index contributed by atoms with van der Waals surface area (Å²) in [4.78, 5) is 23.9. The van der Waals surface area contributed by atoms with Crippen LogP contribution in [0.25, 0.3) is 10.8 Å². The van der Waals surface area contributed by atoms with Crippen LogP contribution in [-0.4, -0.2) is 58.8 Å². The molecule has 4 atom stereocenters. The van der Waals surface area contributed by atoms with E-state index in [-0.39, 0.29) is 24.3 Å². The minimum Gasteiger partial charge on any atom is -0.376 e. The highest BCUT2D eigenvalue weighted by atomic mass is 35.5. The molecule has 188 valence electrons. The van der Waals surface area contributed by atoms with Gasteiger partial charge in [-0.1, -0.05) is 17.7 Å². The monoisotopic (exact) mass is 508 g/mol. The van der Waals surface area contributed by atoms with Gasteiger partial charge in [-0.25, -0.2) is 9.37 Å². The summed E-state index contributed by atoms with van der Waals surface area (Å²) in [5.74, 6) is 0.937. The summed E-state index contributed by atoms with van der Waals surface area (Å²) < 4.78 is 19.9. The van der Waals surface area contributed by atoms with E-state index >= 15 is 0 Å². The van der Waals surface area contributed by atoms with E-state index in [1.54, 1.807) is 12.4 Å². The van der Waals surface area contributed by atoms with Crippen LogP contribution in [0.4, 0.5) is 10.2 Å². The van der Waals surface area contributed by atoms with E-state index in [2.05, 4.69) is 26.3 Å². The first kappa shape index (κ1) is 23.8. The molecule has 2 aliphatic heterocycles. The lowest BCUT2D eigenvalue weighted by molar-refractivity contribution is -0.117. The average molecular weight is 509 g/mol. The molecule has 36 heavy (non-hydrogen) atoms. The number of hydrogen-bond acceptors (Lipinski definition) is 5. The van der Waals surface area contributed by atoms with E-state index in [1.807, 2.05) is 37.3 Å². The zero-order valence-electron chi connectivity index (χ0n) is 20.3. The highest BCUT2D eigenvalue weighted by molar-refractivity contribution is 6.32. The Kier molecular flexibility index (Phi) is 6.18. The van der Waals surface area contributed by atoms with E-state index in [0.717, 1.165) is 59.4 Å². The van der Waals surface area contributed by atoms with Crippen molar-refractivity contribution in [2.45, 2.75) is 49.7 Å². The van der Waals surface area contributed by atoms with Gasteiger partial charge in [0.15, 0.2) is 0 Å². The fraction of sp³-hybridized carbons (Fsp3) is 0.464. The van der Waals surface area contributed by atoms with Gasteiger partial charge in [0.25, 0.3) is 0 Å². The molecule has 6 rings (SSSR count). The van der Waals surface area contributed by atoms with Crippen molar-refractivity contribution in [3.63, 3.8) is 0 Å². The number of amides is 1. The molecule has 8 heteroatoms. The molecule has 3 aliphatic rings. The average Bonchev–Trinajstić information content (AvgIpc) is 3.63. The normalized spacial score (nSPS) is 28.9. The van der Waals surface area contributed by atoms with Gasteiger partial charge in [-0.2, -0.15) is 0 Å². The number of pyridine rings is 2. The largest absolute Gasteiger partial charge is 0.376 e. The van der Waals surface area contributed by atoms with Gasteiger partial charge in [0.05, 0.1) is 18.8 Å². The number of piperidine rings is 1. The lowest BCUT2D eigenvalue weighted by atomic mass is 9.85. The van der Waals surface area contributed by atoms with Gasteiger partial charge >= 0.3 is 0 Å². The maximum atomic E-state index is 14.5. The summed E-state index contributed by atoms with van der Waals surface area (Å²) in [5.41, 5.74) is 1.54. The molecule has 1 aromatic carbocycles. The number of alkyl halides is 1. The van der Waals surface area contributed by atoms with Gasteiger partial charge in [0.1, 0.15) is 12.0 Å². The fourth-order valence-corrected chi connectivity index (χ4v) is 6.15. The van der Waals surface area contributed by atoms with Gasteiger partial charge in [-0.15, -0.1) is 0 Å². The Morgan fingerprint density at radius 3 is 2.75 bits per heavy atom. The molecule has 0 bridgehead atoms. The van der Waals surface area contributed by atoms with Crippen molar-refractivity contribution < 1.29 is 13.9 Å². The van der Waals surface area contributed by atoms with E-state index in [1.165, 1.54) is 0 Å². The number of ether oxygens (including phenoxy) is 1. The molecule has 0 spiro atoms. The van der Waals surface area contributed by atoms with Crippen LogP contribution in [0.15, 0.2) is 48.8 Å². The maximum absolute atomic E-state index is 14.5. The first-order valence-electron chi connectivity index (χ1n) is 12.7. The smallest absolute Gasteiger partial charge is 0.229 e. The quantitative estimate of drug-likeness (QED) is 0.504. The van der Waals surface area contributed by atoms with Crippen LogP contribution in [0.3, 0.4) is 0 Å². The molecule has 1 N–H and O–H groups in total. The summed E-state index contributed by atoms with van der Waals surface area (Å²) >= 11 is 6.70. The molecule has 2 unspecified atom stereocenters. The van der Waals surface area contributed by atoms with Crippen molar-refractivity contribution in [2.75, 3.05) is 31.6 Å². The molecular formula is C28H30ClFN4O2. The first-order chi connectivity index (χ1) is 17.4. The Hall–Kier alpha value is -2.61. The number of benzene rings is 1. The van der Waals surface area contributed by atoms with Crippen LogP contribution in [0.2, 0.25) is 5.02 Å². The maximum Gasteiger partial charge on any atom is 0.229 e. The van der Waals surface area contributed by atoms with Crippen LogP contribution >= 0.6 is 11.6 Å². The zero-order valence-corrected chi connectivity index (χ0v) is 21.0. The summed E-state index contributed by atoms with van der Waals surface area (Å²) in [6.45, 7) is 4.23. The second-order valence-electron chi connectivity index (χ2n) is 10.6. The molecule has 4 heterocycles. The molecule has 3 fully saturated rings. The topological polar surface area (TPSA) is 67.4 Å². The lowest BCUT2D eigenvalue weighted by Gasteiger charge is -2.43. The Balaban J connectivity index is 1.15. The van der Waals surface area contributed by atoms with Gasteiger partial charge in [-0.3, -0.25) is 14.7 Å². The SMILES string of the molecule is C[C@@]1(N2CCC(c3cc4cc(NC(=O)C5CC5c5ccccn5)ncc4cc3Cl)CC2)COC[C@@H]1F. The lowest BCUT2D eigenvalue weighted by Crippen LogP contribution is -2.55. The number of carbonyl (C=O) groups is 1. The number of hydrogen-bond donors (Lipinski definition) is 1. The highest BCUT2D eigenvalue weighted by Crippen LogP contribution is 2.47. The van der Waals surface area contributed by atoms with Crippen molar-refractivity contribution in [3.8, 4) is 0 Å². The van der Waals surface area contributed by atoms with Crippen LogP contribution in [0.1, 0.15) is 49.3 Å².